The molecule has 3 amide bonds. The van der Waals surface area contributed by atoms with Gasteiger partial charge in [0, 0.05) is 10.6 Å². The molecule has 0 saturated carbocycles. The minimum atomic E-state index is -0.728. The predicted octanol–water partition coefficient (Wildman–Crippen LogP) is -0.0105. The number of carbonyl (C=O) groups is 3. The van der Waals surface area contributed by atoms with Crippen molar-refractivity contribution in [3.8, 4) is 0 Å². The monoisotopic (exact) mass is 267 g/mol. The number of carbonyl (C=O) groups excluding carboxylic acids is 3. The third-order valence-corrected chi connectivity index (χ3v) is 2.69. The highest BCUT2D eigenvalue weighted by Gasteiger charge is 2.30. The minimum absolute atomic E-state index is 0.0136. The summed E-state index contributed by atoms with van der Waals surface area (Å²) in [5.74, 6) is -1.21. The van der Waals surface area contributed by atoms with Gasteiger partial charge in [-0.25, -0.2) is 5.43 Å². The molecule has 94 valence electrons. The summed E-state index contributed by atoms with van der Waals surface area (Å²) in [5, 5.41) is 2.66. The fourth-order valence-electron chi connectivity index (χ4n) is 1.50. The molecule has 0 bridgehead atoms. The van der Waals surface area contributed by atoms with Crippen molar-refractivity contribution in [2.45, 2.75) is 12.5 Å². The van der Waals surface area contributed by atoms with E-state index in [9.17, 15) is 14.4 Å². The van der Waals surface area contributed by atoms with Gasteiger partial charge in [-0.3, -0.25) is 25.1 Å². The molecule has 1 aliphatic heterocycles. The van der Waals surface area contributed by atoms with Crippen molar-refractivity contribution in [3.63, 3.8) is 0 Å². The smallest absolute Gasteiger partial charge is 0.265 e. The van der Waals surface area contributed by atoms with Gasteiger partial charge in [0.1, 0.15) is 6.04 Å². The quantitative estimate of drug-likeness (QED) is 0.531. The highest BCUT2D eigenvalue weighted by Crippen LogP contribution is 2.09. The predicted molar refractivity (Wildman–Crippen MR) is 63.6 cm³/mol. The van der Waals surface area contributed by atoms with Crippen molar-refractivity contribution in [3.05, 3.63) is 34.9 Å². The van der Waals surface area contributed by atoms with Gasteiger partial charge in [-0.2, -0.15) is 0 Å². The van der Waals surface area contributed by atoms with E-state index >= 15 is 0 Å². The molecule has 7 heteroatoms. The number of nitrogens with one attached hydrogen (secondary N) is 3. The normalized spacial score (nSPS) is 18.6. The van der Waals surface area contributed by atoms with Gasteiger partial charge in [-0.15, -0.1) is 0 Å². The average molecular weight is 268 g/mol. The van der Waals surface area contributed by atoms with E-state index in [1.165, 1.54) is 0 Å². The Morgan fingerprint density at radius 2 is 1.94 bits per heavy atom. The summed E-state index contributed by atoms with van der Waals surface area (Å²) in [7, 11) is 0. The Bertz CT molecular complexity index is 501. The van der Waals surface area contributed by atoms with Crippen LogP contribution >= 0.6 is 11.6 Å². The lowest BCUT2D eigenvalue weighted by Gasteiger charge is -2.10. The van der Waals surface area contributed by atoms with Crippen LogP contribution in [0.2, 0.25) is 5.02 Å². The molecule has 1 aromatic rings. The number of hydrazine groups is 1. The molecule has 0 aliphatic carbocycles. The third-order valence-electron chi connectivity index (χ3n) is 2.43. The highest BCUT2D eigenvalue weighted by atomic mass is 35.5. The molecule has 1 unspecified atom stereocenters. The first kappa shape index (κ1) is 12.5. The van der Waals surface area contributed by atoms with Crippen LogP contribution in [0.3, 0.4) is 0 Å². The molecule has 1 fully saturated rings. The summed E-state index contributed by atoms with van der Waals surface area (Å²) in [4.78, 5) is 33.8. The maximum Gasteiger partial charge on any atom is 0.265 e. The molecule has 18 heavy (non-hydrogen) atoms. The Labute approximate surface area is 108 Å². The Hall–Kier alpha value is -1.92. The third kappa shape index (κ3) is 2.85. The average Bonchev–Trinajstić information content (AvgIpc) is 2.66. The van der Waals surface area contributed by atoms with Crippen LogP contribution in [-0.4, -0.2) is 23.8 Å². The van der Waals surface area contributed by atoms with Crippen molar-refractivity contribution < 1.29 is 14.4 Å². The first-order valence-electron chi connectivity index (χ1n) is 5.21. The lowest BCUT2D eigenvalue weighted by Crippen LogP contribution is -2.47. The maximum absolute atomic E-state index is 11.7. The van der Waals surface area contributed by atoms with Gasteiger partial charge >= 0.3 is 0 Å². The SMILES string of the molecule is O=C1CC(NNC(=O)c2ccc(Cl)cc2)C(=O)N1. The largest absolute Gasteiger partial charge is 0.295 e. The van der Waals surface area contributed by atoms with Gasteiger partial charge in [-0.1, -0.05) is 11.6 Å². The molecule has 1 saturated heterocycles. The van der Waals surface area contributed by atoms with E-state index in [1.807, 2.05) is 0 Å². The van der Waals surface area contributed by atoms with E-state index in [4.69, 9.17) is 11.6 Å². The van der Waals surface area contributed by atoms with E-state index in [0.717, 1.165) is 0 Å². The molecule has 1 atom stereocenters. The zero-order valence-electron chi connectivity index (χ0n) is 9.20. The number of imide groups is 1. The Morgan fingerprint density at radius 1 is 1.28 bits per heavy atom. The molecule has 6 nitrogen and oxygen atoms in total. The molecule has 1 aromatic carbocycles. The Kier molecular flexibility index (Phi) is 3.59. The van der Waals surface area contributed by atoms with Crippen LogP contribution in [0.15, 0.2) is 24.3 Å². The fourth-order valence-corrected chi connectivity index (χ4v) is 1.62. The zero-order valence-corrected chi connectivity index (χ0v) is 9.95. The number of halogens is 1. The lowest BCUT2D eigenvalue weighted by atomic mass is 10.2. The van der Waals surface area contributed by atoms with Crippen LogP contribution in [0, 0.1) is 0 Å². The lowest BCUT2D eigenvalue weighted by molar-refractivity contribution is -0.125. The fraction of sp³-hybridized carbons (Fsp3) is 0.182. The number of rotatable bonds is 3. The van der Waals surface area contributed by atoms with Gasteiger partial charge in [0.2, 0.25) is 11.8 Å². The van der Waals surface area contributed by atoms with E-state index in [2.05, 4.69) is 16.2 Å². The van der Waals surface area contributed by atoms with Crippen molar-refractivity contribution in [1.82, 2.24) is 16.2 Å². The second-order valence-corrected chi connectivity index (χ2v) is 4.21. The summed E-state index contributed by atoms with van der Waals surface area (Å²) >= 11 is 5.69. The molecule has 1 heterocycles. The summed E-state index contributed by atoms with van der Waals surface area (Å²) in [6, 6.07) is 5.55. The first-order valence-corrected chi connectivity index (χ1v) is 5.59. The first-order chi connectivity index (χ1) is 8.56. The standard InChI is InChI=1S/C11H10ClN3O3/c12-7-3-1-6(2-4-7)10(17)15-14-8-5-9(16)13-11(8)18/h1-4,8,14H,5H2,(H,15,17)(H,13,16,18). The van der Waals surface area contributed by atoms with Crippen LogP contribution < -0.4 is 16.2 Å². The summed E-state index contributed by atoms with van der Waals surface area (Å²) in [5.41, 5.74) is 5.28. The second kappa shape index (κ2) is 5.16. The van der Waals surface area contributed by atoms with E-state index in [0.29, 0.717) is 10.6 Å². The molecule has 0 radical (unpaired) electrons. The summed E-state index contributed by atoms with van der Waals surface area (Å²) in [6.45, 7) is 0. The van der Waals surface area contributed by atoms with E-state index in [-0.39, 0.29) is 12.3 Å². The van der Waals surface area contributed by atoms with E-state index < -0.39 is 17.9 Å². The number of amides is 3. The highest BCUT2D eigenvalue weighted by molar-refractivity contribution is 6.30. The van der Waals surface area contributed by atoms with Gasteiger partial charge in [0.15, 0.2) is 0 Å². The summed E-state index contributed by atoms with van der Waals surface area (Å²) in [6.07, 6.45) is 0.0136. The minimum Gasteiger partial charge on any atom is -0.295 e. The van der Waals surface area contributed by atoms with Crippen LogP contribution in [-0.2, 0) is 9.59 Å². The maximum atomic E-state index is 11.7. The van der Waals surface area contributed by atoms with Crippen molar-refractivity contribution in [2.24, 2.45) is 0 Å². The van der Waals surface area contributed by atoms with Crippen molar-refractivity contribution in [1.29, 1.82) is 0 Å². The van der Waals surface area contributed by atoms with Crippen molar-refractivity contribution >= 4 is 29.3 Å². The number of benzene rings is 1. The van der Waals surface area contributed by atoms with Crippen LogP contribution in [0.4, 0.5) is 0 Å². The topological polar surface area (TPSA) is 87.3 Å². The van der Waals surface area contributed by atoms with Gasteiger partial charge in [-0.05, 0) is 24.3 Å². The van der Waals surface area contributed by atoms with E-state index in [1.54, 1.807) is 24.3 Å². The van der Waals surface area contributed by atoms with Crippen LogP contribution in [0.5, 0.6) is 0 Å². The van der Waals surface area contributed by atoms with Crippen LogP contribution in [0.1, 0.15) is 16.8 Å². The molecular weight excluding hydrogens is 258 g/mol. The Balaban J connectivity index is 1.90. The number of hydrogen-bond donors (Lipinski definition) is 3. The van der Waals surface area contributed by atoms with Gasteiger partial charge < -0.3 is 0 Å². The zero-order chi connectivity index (χ0) is 13.1. The second-order valence-electron chi connectivity index (χ2n) is 3.77. The molecule has 0 aromatic heterocycles. The Morgan fingerprint density at radius 3 is 2.50 bits per heavy atom. The van der Waals surface area contributed by atoms with Gasteiger partial charge in [0.05, 0.1) is 6.42 Å². The van der Waals surface area contributed by atoms with Gasteiger partial charge in [0.25, 0.3) is 5.91 Å². The molecular formula is C11H10ClN3O3. The number of hydrogen-bond acceptors (Lipinski definition) is 4. The van der Waals surface area contributed by atoms with Crippen LogP contribution in [0.25, 0.3) is 0 Å². The molecule has 2 rings (SSSR count). The summed E-state index contributed by atoms with van der Waals surface area (Å²) < 4.78 is 0. The molecule has 3 N–H and O–H groups in total. The van der Waals surface area contributed by atoms with Crippen molar-refractivity contribution in [2.75, 3.05) is 0 Å². The molecule has 0 spiro atoms. The molecule has 1 aliphatic rings.